The number of hydrogen-bond acceptors (Lipinski definition) is 3. The molecule has 0 saturated carbocycles. The second-order valence-corrected chi connectivity index (χ2v) is 5.74. The van der Waals surface area contributed by atoms with Crippen LogP contribution in [0.3, 0.4) is 0 Å². The number of aliphatic carboxylic acids is 1. The molecule has 1 aliphatic rings. The summed E-state index contributed by atoms with van der Waals surface area (Å²) < 4.78 is 5.30. The second-order valence-electron chi connectivity index (χ2n) is 5.74. The number of carbonyl (C=O) groups is 2. The molecule has 1 saturated heterocycles. The van der Waals surface area contributed by atoms with Gasteiger partial charge in [-0.25, -0.2) is 0 Å². The van der Waals surface area contributed by atoms with Crippen molar-refractivity contribution in [1.82, 2.24) is 4.90 Å². The summed E-state index contributed by atoms with van der Waals surface area (Å²) in [6.07, 6.45) is 4.80. The third kappa shape index (κ3) is 2.96. The number of aryl methyl sites for hydroxylation is 1. The van der Waals surface area contributed by atoms with E-state index in [1.165, 1.54) is 6.26 Å². The van der Waals surface area contributed by atoms with Crippen molar-refractivity contribution < 1.29 is 19.1 Å². The highest BCUT2D eigenvalue weighted by atomic mass is 16.4. The Labute approximate surface area is 124 Å². The lowest BCUT2D eigenvalue weighted by atomic mass is 9.75. The molecule has 1 aliphatic heterocycles. The van der Waals surface area contributed by atoms with Crippen LogP contribution < -0.4 is 0 Å². The first-order chi connectivity index (χ1) is 10.0. The highest BCUT2D eigenvalue weighted by Gasteiger charge is 2.41. The van der Waals surface area contributed by atoms with Gasteiger partial charge < -0.3 is 14.4 Å². The van der Waals surface area contributed by atoms with E-state index in [2.05, 4.69) is 0 Å². The van der Waals surface area contributed by atoms with E-state index < -0.39 is 11.4 Å². The maximum absolute atomic E-state index is 12.5. The minimum atomic E-state index is -0.728. The summed E-state index contributed by atoms with van der Waals surface area (Å²) in [5.74, 6) is -0.0753. The Kier molecular flexibility index (Phi) is 4.70. The average molecular weight is 293 g/mol. The van der Waals surface area contributed by atoms with Crippen molar-refractivity contribution in [3.8, 4) is 0 Å². The van der Waals surface area contributed by atoms with Crippen LogP contribution in [0.5, 0.6) is 0 Å². The predicted octanol–water partition coefficient (Wildman–Crippen LogP) is 2.95. The Morgan fingerprint density at radius 3 is 2.52 bits per heavy atom. The summed E-state index contributed by atoms with van der Waals surface area (Å²) in [6.45, 7) is 4.95. The molecule has 0 aliphatic carbocycles. The number of furan rings is 1. The van der Waals surface area contributed by atoms with E-state index in [1.54, 1.807) is 11.0 Å². The van der Waals surface area contributed by atoms with Gasteiger partial charge in [0.1, 0.15) is 5.76 Å². The molecule has 1 aromatic rings. The highest BCUT2D eigenvalue weighted by molar-refractivity contribution is 5.95. The van der Waals surface area contributed by atoms with Gasteiger partial charge in [-0.3, -0.25) is 9.59 Å². The molecule has 1 aromatic heterocycles. The van der Waals surface area contributed by atoms with Crippen molar-refractivity contribution in [2.24, 2.45) is 5.41 Å². The van der Waals surface area contributed by atoms with Gasteiger partial charge >= 0.3 is 5.97 Å². The van der Waals surface area contributed by atoms with Gasteiger partial charge in [0.2, 0.25) is 0 Å². The van der Waals surface area contributed by atoms with Crippen LogP contribution in [-0.4, -0.2) is 35.0 Å². The fraction of sp³-hybridized carbons (Fsp3) is 0.625. The summed E-state index contributed by atoms with van der Waals surface area (Å²) in [7, 11) is 0. The summed E-state index contributed by atoms with van der Waals surface area (Å²) in [4.78, 5) is 25.8. The van der Waals surface area contributed by atoms with Crippen molar-refractivity contribution in [2.75, 3.05) is 13.1 Å². The van der Waals surface area contributed by atoms with Crippen molar-refractivity contribution >= 4 is 11.9 Å². The van der Waals surface area contributed by atoms with Crippen LogP contribution in [0.2, 0.25) is 0 Å². The van der Waals surface area contributed by atoms with Gasteiger partial charge in [0.05, 0.1) is 17.2 Å². The first kappa shape index (κ1) is 15.6. The molecular weight excluding hydrogens is 270 g/mol. The molecule has 2 rings (SSSR count). The second kappa shape index (κ2) is 6.33. The molecule has 21 heavy (non-hydrogen) atoms. The zero-order valence-electron chi connectivity index (χ0n) is 12.7. The Morgan fingerprint density at radius 2 is 2.00 bits per heavy atom. The number of carbonyl (C=O) groups excluding carboxylic acids is 1. The fourth-order valence-electron chi connectivity index (χ4n) is 3.16. The predicted molar refractivity (Wildman–Crippen MR) is 78.2 cm³/mol. The van der Waals surface area contributed by atoms with Crippen LogP contribution in [-0.2, 0) is 11.2 Å². The molecule has 5 heteroatoms. The van der Waals surface area contributed by atoms with E-state index >= 15 is 0 Å². The summed E-state index contributed by atoms with van der Waals surface area (Å²) in [5.41, 5.74) is -0.0500. The molecule has 116 valence electrons. The van der Waals surface area contributed by atoms with Gasteiger partial charge in [0.25, 0.3) is 5.91 Å². The van der Waals surface area contributed by atoms with E-state index in [0.717, 1.165) is 6.42 Å². The standard InChI is InChI=1S/C16H23NO4/c1-3-6-16(15(19)20)7-9-17(10-8-16)14(18)12-5-11-21-13(12)4-2/h5,11H,3-4,6-10H2,1-2H3,(H,19,20). The molecule has 1 fully saturated rings. The number of rotatable bonds is 5. The lowest BCUT2D eigenvalue weighted by molar-refractivity contribution is -0.152. The molecule has 1 amide bonds. The molecule has 0 spiro atoms. The number of piperidine rings is 1. The number of nitrogens with zero attached hydrogens (tertiary/aromatic N) is 1. The maximum Gasteiger partial charge on any atom is 0.309 e. The summed E-state index contributed by atoms with van der Waals surface area (Å²) in [6, 6.07) is 1.70. The third-order valence-corrected chi connectivity index (χ3v) is 4.49. The first-order valence-electron chi connectivity index (χ1n) is 7.63. The molecule has 1 N–H and O–H groups in total. The third-order valence-electron chi connectivity index (χ3n) is 4.49. The lowest BCUT2D eigenvalue weighted by Gasteiger charge is -2.38. The largest absolute Gasteiger partial charge is 0.481 e. The lowest BCUT2D eigenvalue weighted by Crippen LogP contribution is -2.46. The molecule has 5 nitrogen and oxygen atoms in total. The van der Waals surface area contributed by atoms with E-state index in [0.29, 0.717) is 50.1 Å². The van der Waals surface area contributed by atoms with E-state index in [9.17, 15) is 14.7 Å². The minimum absolute atomic E-state index is 0.0453. The fourth-order valence-corrected chi connectivity index (χ4v) is 3.16. The van der Waals surface area contributed by atoms with E-state index in [4.69, 9.17) is 4.42 Å². The van der Waals surface area contributed by atoms with Gasteiger partial charge in [0.15, 0.2) is 0 Å². The van der Waals surface area contributed by atoms with E-state index in [1.807, 2.05) is 13.8 Å². The summed E-state index contributed by atoms with van der Waals surface area (Å²) >= 11 is 0. The van der Waals surface area contributed by atoms with Gasteiger partial charge in [-0.2, -0.15) is 0 Å². The average Bonchev–Trinajstić information content (AvgIpc) is 2.96. The van der Waals surface area contributed by atoms with Crippen LogP contribution in [0.15, 0.2) is 16.7 Å². The van der Waals surface area contributed by atoms with Crippen molar-refractivity contribution in [1.29, 1.82) is 0 Å². The molecule has 0 aromatic carbocycles. The van der Waals surface area contributed by atoms with Gasteiger partial charge in [-0.1, -0.05) is 20.3 Å². The number of likely N-dealkylation sites (tertiary alicyclic amines) is 1. The number of hydrogen-bond donors (Lipinski definition) is 1. The topological polar surface area (TPSA) is 70.8 Å². The van der Waals surface area contributed by atoms with Crippen LogP contribution in [0.1, 0.15) is 55.6 Å². The molecule has 0 radical (unpaired) electrons. The Bertz CT molecular complexity index is 512. The molecule has 0 atom stereocenters. The quantitative estimate of drug-likeness (QED) is 0.906. The van der Waals surface area contributed by atoms with Gasteiger partial charge in [-0.05, 0) is 25.3 Å². The van der Waals surface area contributed by atoms with E-state index in [-0.39, 0.29) is 5.91 Å². The van der Waals surface area contributed by atoms with Gasteiger partial charge in [0, 0.05) is 19.5 Å². The SMILES string of the molecule is CCCC1(C(=O)O)CCN(C(=O)c2ccoc2CC)CC1. The maximum atomic E-state index is 12.5. The number of carboxylic acids is 1. The molecule has 0 unspecified atom stereocenters. The molecule has 2 heterocycles. The normalized spacial score (nSPS) is 17.7. The summed E-state index contributed by atoms with van der Waals surface area (Å²) in [5, 5.41) is 9.49. The monoisotopic (exact) mass is 293 g/mol. The Balaban J connectivity index is 2.07. The Morgan fingerprint density at radius 1 is 1.33 bits per heavy atom. The van der Waals surface area contributed by atoms with Crippen LogP contribution >= 0.6 is 0 Å². The zero-order chi connectivity index (χ0) is 15.5. The van der Waals surface area contributed by atoms with Crippen LogP contribution in [0, 0.1) is 5.41 Å². The Hall–Kier alpha value is -1.78. The van der Waals surface area contributed by atoms with Crippen molar-refractivity contribution in [3.63, 3.8) is 0 Å². The molecular formula is C16H23NO4. The number of amides is 1. The number of carboxylic acid groups (broad SMARTS) is 1. The first-order valence-corrected chi connectivity index (χ1v) is 7.63. The zero-order valence-corrected chi connectivity index (χ0v) is 12.7. The van der Waals surface area contributed by atoms with Gasteiger partial charge in [-0.15, -0.1) is 0 Å². The minimum Gasteiger partial charge on any atom is -0.481 e. The molecule has 0 bridgehead atoms. The van der Waals surface area contributed by atoms with Crippen molar-refractivity contribution in [3.05, 3.63) is 23.7 Å². The van der Waals surface area contributed by atoms with Crippen LogP contribution in [0.25, 0.3) is 0 Å². The highest BCUT2D eigenvalue weighted by Crippen LogP contribution is 2.37. The van der Waals surface area contributed by atoms with Crippen molar-refractivity contribution in [2.45, 2.75) is 46.0 Å². The van der Waals surface area contributed by atoms with Crippen LogP contribution in [0.4, 0.5) is 0 Å². The smallest absolute Gasteiger partial charge is 0.309 e.